The summed E-state index contributed by atoms with van der Waals surface area (Å²) in [6.07, 6.45) is 5.31. The number of alkyl halides is 1. The number of aliphatic hydroxyl groups is 1. The first-order chi connectivity index (χ1) is 10.4. The predicted octanol–water partition coefficient (Wildman–Crippen LogP) is 3.68. The van der Waals surface area contributed by atoms with Gasteiger partial charge in [0.05, 0.1) is 6.10 Å². The third-order valence-corrected chi connectivity index (χ3v) is 7.58. The van der Waals surface area contributed by atoms with Gasteiger partial charge in [0, 0.05) is 6.42 Å². The highest BCUT2D eigenvalue weighted by Crippen LogP contribution is 2.63. The van der Waals surface area contributed by atoms with Gasteiger partial charge in [0.25, 0.3) is 0 Å². The maximum Gasteiger partial charge on any atom is 0.155 e. The molecule has 8 atom stereocenters. The monoisotopic (exact) mass is 306 g/mol. The van der Waals surface area contributed by atoms with E-state index in [1.54, 1.807) is 0 Å². The van der Waals surface area contributed by atoms with Crippen LogP contribution in [0.4, 0.5) is 4.39 Å². The fourth-order valence-electron chi connectivity index (χ4n) is 6.54. The molecule has 2 nitrogen and oxygen atoms in total. The van der Waals surface area contributed by atoms with Gasteiger partial charge < -0.3 is 5.11 Å². The second kappa shape index (κ2) is 4.90. The van der Waals surface area contributed by atoms with Crippen LogP contribution in [0.25, 0.3) is 0 Å². The molecule has 4 aliphatic rings. The van der Waals surface area contributed by atoms with Crippen molar-refractivity contribution in [1.29, 1.82) is 0 Å². The summed E-state index contributed by atoms with van der Waals surface area (Å²) < 4.78 is 14.2. The molecule has 0 aromatic rings. The number of hydrogen-bond donors (Lipinski definition) is 1. The molecular weight excluding hydrogens is 279 g/mol. The van der Waals surface area contributed by atoms with E-state index in [1.807, 2.05) is 6.08 Å². The Morgan fingerprint density at radius 3 is 2.91 bits per heavy atom. The number of fused-ring (bicyclic) bond motifs is 5. The number of allylic oxidation sites excluding steroid dienone is 1. The van der Waals surface area contributed by atoms with Crippen molar-refractivity contribution in [1.82, 2.24) is 0 Å². The van der Waals surface area contributed by atoms with Crippen LogP contribution >= 0.6 is 0 Å². The molecule has 22 heavy (non-hydrogen) atoms. The molecule has 4 aliphatic carbocycles. The zero-order valence-corrected chi connectivity index (χ0v) is 13.6. The van der Waals surface area contributed by atoms with Crippen molar-refractivity contribution in [2.24, 2.45) is 35.0 Å². The van der Waals surface area contributed by atoms with Crippen LogP contribution in [0.15, 0.2) is 11.6 Å². The van der Waals surface area contributed by atoms with Crippen LogP contribution in [-0.2, 0) is 4.79 Å². The fourth-order valence-corrected chi connectivity index (χ4v) is 6.54. The average Bonchev–Trinajstić information content (AvgIpc) is 2.70. The molecule has 0 radical (unpaired) electrons. The van der Waals surface area contributed by atoms with Crippen LogP contribution in [0.2, 0.25) is 0 Å². The summed E-state index contributed by atoms with van der Waals surface area (Å²) in [6.45, 7) is 4.39. The molecule has 0 bridgehead atoms. The molecule has 0 heterocycles. The Kier molecular flexibility index (Phi) is 3.31. The molecule has 3 fully saturated rings. The lowest BCUT2D eigenvalue weighted by Crippen LogP contribution is -2.50. The van der Waals surface area contributed by atoms with E-state index >= 15 is 0 Å². The summed E-state index contributed by atoms with van der Waals surface area (Å²) in [6, 6.07) is 0. The predicted molar refractivity (Wildman–Crippen MR) is 82.9 cm³/mol. The van der Waals surface area contributed by atoms with Crippen molar-refractivity contribution in [3.63, 3.8) is 0 Å². The zero-order chi connectivity index (χ0) is 15.6. The van der Waals surface area contributed by atoms with Gasteiger partial charge in [0.2, 0.25) is 0 Å². The number of carbonyl (C=O) groups is 1. The van der Waals surface area contributed by atoms with Crippen LogP contribution in [-0.4, -0.2) is 23.2 Å². The molecule has 0 aliphatic heterocycles. The minimum absolute atomic E-state index is 0.236. The van der Waals surface area contributed by atoms with Gasteiger partial charge in [-0.3, -0.25) is 4.79 Å². The van der Waals surface area contributed by atoms with Crippen molar-refractivity contribution >= 4 is 5.78 Å². The number of carbonyl (C=O) groups excluding carboxylic acids is 1. The van der Waals surface area contributed by atoms with E-state index in [0.717, 1.165) is 25.7 Å². The van der Waals surface area contributed by atoms with Crippen molar-refractivity contribution in [3.8, 4) is 0 Å². The summed E-state index contributed by atoms with van der Waals surface area (Å²) in [5.74, 6) is 2.76. The molecule has 4 unspecified atom stereocenters. The largest absolute Gasteiger partial charge is 0.390 e. The number of ketones is 1. The van der Waals surface area contributed by atoms with Crippen molar-refractivity contribution < 1.29 is 14.3 Å². The molecule has 122 valence electrons. The summed E-state index contributed by atoms with van der Waals surface area (Å²) in [7, 11) is 0. The second-order valence-electron chi connectivity index (χ2n) is 8.60. The Morgan fingerprint density at radius 2 is 2.14 bits per heavy atom. The maximum atomic E-state index is 14.2. The first kappa shape index (κ1) is 14.9. The van der Waals surface area contributed by atoms with Gasteiger partial charge in [-0.2, -0.15) is 0 Å². The lowest BCUT2D eigenvalue weighted by molar-refractivity contribution is -0.116. The minimum atomic E-state index is -1.05. The first-order valence-corrected chi connectivity index (χ1v) is 8.97. The van der Waals surface area contributed by atoms with Gasteiger partial charge in [0.15, 0.2) is 5.78 Å². The molecule has 4 rings (SSSR count). The molecule has 0 amide bonds. The second-order valence-corrected chi connectivity index (χ2v) is 8.60. The lowest BCUT2D eigenvalue weighted by Gasteiger charge is -2.55. The average molecular weight is 306 g/mol. The van der Waals surface area contributed by atoms with E-state index in [-0.39, 0.29) is 11.2 Å². The normalized spacial score (nSPS) is 54.3. The molecule has 3 saturated carbocycles. The highest BCUT2D eigenvalue weighted by atomic mass is 19.1. The van der Waals surface area contributed by atoms with Crippen molar-refractivity contribution in [2.45, 2.75) is 64.6 Å². The molecule has 1 N–H and O–H groups in total. The SMILES string of the molecule is CC1CC2=CC(=O)CC[C@@H]2C2CC[C@@]3(C)C(C[C@H](F)[C@@H]3O)C12. The summed E-state index contributed by atoms with van der Waals surface area (Å²) in [5, 5.41) is 10.4. The Bertz CT molecular complexity index is 528. The highest BCUT2D eigenvalue weighted by molar-refractivity contribution is 5.91. The maximum absolute atomic E-state index is 14.2. The third-order valence-electron chi connectivity index (χ3n) is 7.58. The number of aliphatic hydroxyl groups excluding tert-OH is 1. The van der Waals surface area contributed by atoms with Gasteiger partial charge in [-0.05, 0) is 73.2 Å². The van der Waals surface area contributed by atoms with Gasteiger partial charge in [-0.25, -0.2) is 4.39 Å². The number of halogens is 1. The van der Waals surface area contributed by atoms with E-state index in [1.165, 1.54) is 5.57 Å². The van der Waals surface area contributed by atoms with Gasteiger partial charge in [-0.1, -0.05) is 19.4 Å². The topological polar surface area (TPSA) is 37.3 Å². The quantitative estimate of drug-likeness (QED) is 0.741. The zero-order valence-electron chi connectivity index (χ0n) is 13.6. The Labute approximate surface area is 132 Å². The van der Waals surface area contributed by atoms with Crippen LogP contribution < -0.4 is 0 Å². The Balaban J connectivity index is 1.69. The van der Waals surface area contributed by atoms with E-state index in [2.05, 4.69) is 13.8 Å². The molecule has 0 aromatic carbocycles. The summed E-state index contributed by atoms with van der Waals surface area (Å²) in [5.41, 5.74) is 1.13. The minimum Gasteiger partial charge on any atom is -0.390 e. The van der Waals surface area contributed by atoms with E-state index in [4.69, 9.17) is 0 Å². The first-order valence-electron chi connectivity index (χ1n) is 8.97. The molecule has 3 heteroatoms. The van der Waals surface area contributed by atoms with E-state index in [9.17, 15) is 14.3 Å². The van der Waals surface area contributed by atoms with E-state index in [0.29, 0.717) is 42.4 Å². The van der Waals surface area contributed by atoms with Crippen LogP contribution in [0.1, 0.15) is 52.4 Å². The number of rotatable bonds is 0. The van der Waals surface area contributed by atoms with Gasteiger partial charge in [0.1, 0.15) is 6.17 Å². The van der Waals surface area contributed by atoms with Crippen LogP contribution in [0.3, 0.4) is 0 Å². The highest BCUT2D eigenvalue weighted by Gasteiger charge is 2.60. The van der Waals surface area contributed by atoms with E-state index < -0.39 is 12.3 Å². The van der Waals surface area contributed by atoms with Gasteiger partial charge in [-0.15, -0.1) is 0 Å². The Morgan fingerprint density at radius 1 is 1.36 bits per heavy atom. The van der Waals surface area contributed by atoms with Gasteiger partial charge >= 0.3 is 0 Å². The molecular formula is C19H27FO2. The number of hydrogen-bond acceptors (Lipinski definition) is 2. The summed E-state index contributed by atoms with van der Waals surface area (Å²) in [4.78, 5) is 11.7. The fraction of sp³-hybridized carbons (Fsp3) is 0.842. The Hall–Kier alpha value is -0.700. The smallest absolute Gasteiger partial charge is 0.155 e. The molecule has 0 spiro atoms. The van der Waals surface area contributed by atoms with Crippen LogP contribution in [0.5, 0.6) is 0 Å². The van der Waals surface area contributed by atoms with Crippen molar-refractivity contribution in [2.75, 3.05) is 0 Å². The summed E-state index contributed by atoms with van der Waals surface area (Å²) >= 11 is 0. The third kappa shape index (κ3) is 1.90. The molecule has 0 saturated heterocycles. The molecule has 0 aromatic heterocycles. The standard InChI is InChI=1S/C19H27FO2/c1-10-7-11-8-12(21)3-4-13(11)14-5-6-19(2)15(17(10)14)9-16(20)18(19)22/h8,10,13-18,22H,3-7,9H2,1-2H3/t10?,13-,14?,15?,16-,17?,18-,19-/m0/s1. The van der Waals surface area contributed by atoms with Crippen LogP contribution in [0, 0.1) is 35.0 Å². The lowest BCUT2D eigenvalue weighted by atomic mass is 9.49. The van der Waals surface area contributed by atoms with Crippen molar-refractivity contribution in [3.05, 3.63) is 11.6 Å².